The van der Waals surface area contributed by atoms with Crippen LogP contribution in [0.2, 0.25) is 0 Å². The molecule has 5 aromatic rings. The number of hydrogen-bond donors (Lipinski definition) is 1. The number of aryl methyl sites for hydroxylation is 1. The number of nitrogens with one attached hydrogen (secondary N) is 1. The normalized spacial score (nSPS) is 11.0. The number of hydrogen-bond acceptors (Lipinski definition) is 4. The molecular weight excluding hydrogens is 524 g/mol. The average molecular weight is 563 g/mol. The van der Waals surface area contributed by atoms with Crippen LogP contribution in [0, 0.1) is 0 Å². The summed E-state index contributed by atoms with van der Waals surface area (Å²) in [5.74, 6) is 0.488. The Balaban J connectivity index is 1.33. The molecule has 5 rings (SSSR count). The van der Waals surface area contributed by atoms with Crippen molar-refractivity contribution in [3.8, 4) is 0 Å². The van der Waals surface area contributed by atoms with Crippen molar-refractivity contribution in [3.63, 3.8) is 0 Å². The summed E-state index contributed by atoms with van der Waals surface area (Å²) >= 11 is 0. The summed E-state index contributed by atoms with van der Waals surface area (Å²) in [5.41, 5.74) is 5.48. The molecule has 0 atom stereocenters. The number of anilines is 1. The number of carbonyl (C=O) groups is 2. The highest BCUT2D eigenvalue weighted by molar-refractivity contribution is 5.85. The second-order valence-corrected chi connectivity index (χ2v) is 10.8. The Kier molecular flexibility index (Phi) is 9.39. The van der Waals surface area contributed by atoms with Gasteiger partial charge in [-0.2, -0.15) is 0 Å². The van der Waals surface area contributed by atoms with Crippen molar-refractivity contribution in [1.29, 1.82) is 0 Å². The number of furan rings is 1. The summed E-state index contributed by atoms with van der Waals surface area (Å²) in [4.78, 5) is 36.3. The van der Waals surface area contributed by atoms with Crippen molar-refractivity contribution in [2.45, 2.75) is 32.4 Å². The SMILES string of the molecule is CN(C)c1ccc(CN(CCc2c[nH]c3ccccc23)C(=O)CN(Cc2ccco2)C(=O)CCc2ccccc2)cc1. The minimum atomic E-state index is -0.0915. The van der Waals surface area contributed by atoms with E-state index < -0.39 is 0 Å². The van der Waals surface area contributed by atoms with Crippen LogP contribution in [0.3, 0.4) is 0 Å². The fourth-order valence-corrected chi connectivity index (χ4v) is 5.15. The predicted octanol–water partition coefficient (Wildman–Crippen LogP) is 6.06. The van der Waals surface area contributed by atoms with Crippen LogP contribution in [0.15, 0.2) is 108 Å². The third-order valence-electron chi connectivity index (χ3n) is 7.58. The standard InChI is InChI=1S/C35H38N4O3/c1-37(2)30-17-14-28(15-18-30)24-38(21-20-29-23-36-33-13-7-6-12-32(29)33)35(41)26-39(25-31-11-8-22-42-31)34(40)19-16-27-9-4-3-5-10-27/h3-15,17-18,22-23,36H,16,19-21,24-26H2,1-2H3. The van der Waals surface area contributed by atoms with Crippen LogP contribution in [0.4, 0.5) is 5.69 Å². The zero-order chi connectivity index (χ0) is 29.3. The summed E-state index contributed by atoms with van der Waals surface area (Å²) in [7, 11) is 4.02. The Morgan fingerprint density at radius 1 is 0.738 bits per heavy atom. The monoisotopic (exact) mass is 562 g/mol. The molecule has 0 radical (unpaired) electrons. The molecule has 3 aromatic carbocycles. The van der Waals surface area contributed by atoms with Gasteiger partial charge in [0.2, 0.25) is 11.8 Å². The topological polar surface area (TPSA) is 72.8 Å². The minimum absolute atomic E-state index is 0.0159. The van der Waals surface area contributed by atoms with Gasteiger partial charge in [0.05, 0.1) is 12.8 Å². The number of H-pyrrole nitrogens is 1. The number of aromatic nitrogens is 1. The van der Waals surface area contributed by atoms with Gasteiger partial charge in [-0.3, -0.25) is 9.59 Å². The van der Waals surface area contributed by atoms with Gasteiger partial charge in [-0.15, -0.1) is 0 Å². The molecule has 0 fully saturated rings. The van der Waals surface area contributed by atoms with E-state index in [1.165, 1.54) is 0 Å². The summed E-state index contributed by atoms with van der Waals surface area (Å²) in [5, 5.41) is 1.16. The number of fused-ring (bicyclic) bond motifs is 1. The number of nitrogens with zero attached hydrogens (tertiary/aromatic N) is 3. The molecule has 2 amide bonds. The fraction of sp³-hybridized carbons (Fsp3) is 0.257. The summed E-state index contributed by atoms with van der Waals surface area (Å²) in [6.45, 7) is 1.22. The first-order chi connectivity index (χ1) is 20.5. The molecule has 42 heavy (non-hydrogen) atoms. The first kappa shape index (κ1) is 28.7. The third kappa shape index (κ3) is 7.49. The highest BCUT2D eigenvalue weighted by Crippen LogP contribution is 2.20. The number of rotatable bonds is 13. The van der Waals surface area contributed by atoms with Crippen LogP contribution in [0.5, 0.6) is 0 Å². The van der Waals surface area contributed by atoms with Gasteiger partial charge >= 0.3 is 0 Å². The van der Waals surface area contributed by atoms with Crippen molar-refractivity contribution >= 4 is 28.4 Å². The van der Waals surface area contributed by atoms with Crippen molar-refractivity contribution in [1.82, 2.24) is 14.8 Å². The quantitative estimate of drug-likeness (QED) is 0.189. The van der Waals surface area contributed by atoms with E-state index in [0.29, 0.717) is 38.1 Å². The second-order valence-electron chi connectivity index (χ2n) is 10.8. The second kappa shape index (κ2) is 13.7. The minimum Gasteiger partial charge on any atom is -0.467 e. The number of benzene rings is 3. The zero-order valence-electron chi connectivity index (χ0n) is 24.3. The third-order valence-corrected chi connectivity index (χ3v) is 7.58. The summed E-state index contributed by atoms with van der Waals surface area (Å²) < 4.78 is 5.56. The summed E-state index contributed by atoms with van der Waals surface area (Å²) in [6, 6.07) is 30.0. The Morgan fingerprint density at radius 3 is 2.24 bits per heavy atom. The van der Waals surface area contributed by atoms with Crippen LogP contribution in [-0.2, 0) is 35.5 Å². The molecule has 0 unspecified atom stereocenters. The molecule has 0 aliphatic carbocycles. The lowest BCUT2D eigenvalue weighted by Gasteiger charge is -2.28. The van der Waals surface area contributed by atoms with Crippen LogP contribution in [-0.4, -0.2) is 53.8 Å². The van der Waals surface area contributed by atoms with Crippen molar-refractivity contribution in [2.75, 3.05) is 32.1 Å². The van der Waals surface area contributed by atoms with Crippen LogP contribution < -0.4 is 4.90 Å². The Labute approximate surface area is 247 Å². The van der Waals surface area contributed by atoms with Gasteiger partial charge in [0, 0.05) is 56.4 Å². The van der Waals surface area contributed by atoms with Crippen LogP contribution >= 0.6 is 0 Å². The van der Waals surface area contributed by atoms with Crippen molar-refractivity contribution < 1.29 is 14.0 Å². The number of aromatic amines is 1. The van der Waals surface area contributed by atoms with Crippen molar-refractivity contribution in [3.05, 3.63) is 126 Å². The number of amides is 2. The van der Waals surface area contributed by atoms with E-state index in [2.05, 4.69) is 46.3 Å². The maximum Gasteiger partial charge on any atom is 0.242 e. The lowest BCUT2D eigenvalue weighted by atomic mass is 10.1. The van der Waals surface area contributed by atoms with E-state index in [1.54, 1.807) is 17.2 Å². The Hall–Kier alpha value is -4.78. The lowest BCUT2D eigenvalue weighted by molar-refractivity contribution is -0.141. The molecule has 216 valence electrons. The molecular formula is C35H38N4O3. The highest BCUT2D eigenvalue weighted by atomic mass is 16.3. The van der Waals surface area contributed by atoms with Gasteiger partial charge in [-0.25, -0.2) is 0 Å². The molecule has 7 heteroatoms. The molecule has 0 saturated carbocycles. The van der Waals surface area contributed by atoms with Crippen molar-refractivity contribution in [2.24, 2.45) is 0 Å². The number of carbonyl (C=O) groups excluding carboxylic acids is 2. The average Bonchev–Trinajstić information content (AvgIpc) is 3.68. The molecule has 2 heterocycles. The maximum absolute atomic E-state index is 13.9. The van der Waals surface area contributed by atoms with Gasteiger partial charge in [-0.05, 0) is 59.9 Å². The van der Waals surface area contributed by atoms with E-state index in [4.69, 9.17) is 4.42 Å². The van der Waals surface area contributed by atoms with E-state index in [9.17, 15) is 9.59 Å². The van der Waals surface area contributed by atoms with Gasteiger partial charge in [0.1, 0.15) is 12.3 Å². The summed E-state index contributed by atoms with van der Waals surface area (Å²) in [6.07, 6.45) is 5.25. The van der Waals surface area contributed by atoms with E-state index in [-0.39, 0.29) is 24.9 Å². The largest absolute Gasteiger partial charge is 0.467 e. The van der Waals surface area contributed by atoms with E-state index >= 15 is 0 Å². The first-order valence-corrected chi connectivity index (χ1v) is 14.4. The highest BCUT2D eigenvalue weighted by Gasteiger charge is 2.23. The lowest BCUT2D eigenvalue weighted by Crippen LogP contribution is -2.43. The molecule has 2 aromatic heterocycles. The smallest absolute Gasteiger partial charge is 0.242 e. The Bertz CT molecular complexity index is 1570. The number of para-hydroxylation sites is 1. The maximum atomic E-state index is 13.9. The molecule has 0 aliphatic rings. The molecule has 0 saturated heterocycles. The Morgan fingerprint density at radius 2 is 1.50 bits per heavy atom. The van der Waals surface area contributed by atoms with E-state index in [0.717, 1.165) is 33.3 Å². The molecule has 7 nitrogen and oxygen atoms in total. The first-order valence-electron chi connectivity index (χ1n) is 14.4. The zero-order valence-corrected chi connectivity index (χ0v) is 24.3. The van der Waals surface area contributed by atoms with Gasteiger partial charge in [-0.1, -0.05) is 60.7 Å². The molecule has 0 bridgehead atoms. The molecule has 0 aliphatic heterocycles. The fourth-order valence-electron chi connectivity index (χ4n) is 5.15. The van der Waals surface area contributed by atoms with Crippen LogP contribution in [0.1, 0.15) is 28.9 Å². The van der Waals surface area contributed by atoms with Crippen LogP contribution in [0.25, 0.3) is 10.9 Å². The molecule has 1 N–H and O–H groups in total. The molecule has 0 spiro atoms. The predicted molar refractivity (Wildman–Crippen MR) is 167 cm³/mol. The van der Waals surface area contributed by atoms with Gasteiger partial charge < -0.3 is 24.1 Å². The van der Waals surface area contributed by atoms with Gasteiger partial charge in [0.25, 0.3) is 0 Å². The van der Waals surface area contributed by atoms with Gasteiger partial charge in [0.15, 0.2) is 0 Å². The van der Waals surface area contributed by atoms with E-state index in [1.807, 2.05) is 73.7 Å².